The van der Waals surface area contributed by atoms with Gasteiger partial charge in [0.15, 0.2) is 0 Å². The van der Waals surface area contributed by atoms with Crippen LogP contribution in [-0.2, 0) is 14.4 Å². The van der Waals surface area contributed by atoms with Crippen molar-refractivity contribution in [3.05, 3.63) is 0 Å². The van der Waals surface area contributed by atoms with E-state index in [9.17, 15) is 14.4 Å². The van der Waals surface area contributed by atoms with E-state index >= 15 is 0 Å². The molecule has 0 aromatic rings. The molecule has 2 fully saturated rings. The van der Waals surface area contributed by atoms with Crippen molar-refractivity contribution in [1.29, 1.82) is 0 Å². The molecule has 0 aromatic carbocycles. The number of hydrogen-bond acceptors (Lipinski definition) is 4. The fraction of sp³-hybridized carbons (Fsp3) is 0.824. The monoisotopic (exact) mass is 340 g/mol. The summed E-state index contributed by atoms with van der Waals surface area (Å²) in [5.74, 6) is 0.771. The van der Waals surface area contributed by atoms with Crippen molar-refractivity contribution >= 4 is 29.5 Å². The molecule has 130 valence electrons. The number of imide groups is 1. The van der Waals surface area contributed by atoms with Crippen LogP contribution in [0.1, 0.15) is 64.2 Å². The second-order valence-electron chi connectivity index (χ2n) is 6.66. The summed E-state index contributed by atoms with van der Waals surface area (Å²) in [7, 11) is 0. The lowest BCUT2D eigenvalue weighted by Gasteiger charge is -2.18. The number of hydrogen-bond donors (Lipinski definition) is 1. The standard InChI is InChI=1S/C17H28N2O3S/c18-15(20)9-11-23-14-12-16(21)19(17(14)22)10-5-8-13-6-3-1-2-4-7-13/h13-14H,1-12H2,(H2,18,20). The zero-order chi connectivity index (χ0) is 16.7. The highest BCUT2D eigenvalue weighted by molar-refractivity contribution is 8.00. The highest BCUT2D eigenvalue weighted by Gasteiger charge is 2.38. The van der Waals surface area contributed by atoms with Gasteiger partial charge in [0.2, 0.25) is 17.7 Å². The Labute approximate surface area is 142 Å². The predicted octanol–water partition coefficient (Wildman–Crippen LogP) is 2.47. The fourth-order valence-electron chi connectivity index (χ4n) is 3.51. The minimum absolute atomic E-state index is 0.0626. The number of nitrogens with zero attached hydrogens (tertiary/aromatic N) is 1. The van der Waals surface area contributed by atoms with Gasteiger partial charge in [-0.2, -0.15) is 0 Å². The largest absolute Gasteiger partial charge is 0.370 e. The average molecular weight is 340 g/mol. The Morgan fingerprint density at radius 2 is 1.87 bits per heavy atom. The van der Waals surface area contributed by atoms with E-state index in [-0.39, 0.29) is 35.8 Å². The van der Waals surface area contributed by atoms with Gasteiger partial charge in [-0.25, -0.2) is 0 Å². The molecule has 6 heteroatoms. The third-order valence-corrected chi connectivity index (χ3v) is 6.05. The van der Waals surface area contributed by atoms with Crippen molar-refractivity contribution in [3.8, 4) is 0 Å². The molecule has 2 aliphatic rings. The molecule has 1 saturated carbocycles. The minimum atomic E-state index is -0.366. The average Bonchev–Trinajstić information content (AvgIpc) is 2.71. The number of thioether (sulfide) groups is 1. The predicted molar refractivity (Wildman–Crippen MR) is 91.8 cm³/mol. The Bertz CT molecular complexity index is 434. The first-order valence-electron chi connectivity index (χ1n) is 8.82. The molecule has 1 aliphatic carbocycles. The number of primary amides is 1. The zero-order valence-electron chi connectivity index (χ0n) is 13.8. The maximum Gasteiger partial charge on any atom is 0.242 e. The Morgan fingerprint density at radius 3 is 2.52 bits per heavy atom. The van der Waals surface area contributed by atoms with E-state index in [4.69, 9.17) is 5.73 Å². The van der Waals surface area contributed by atoms with Crippen LogP contribution in [0.5, 0.6) is 0 Å². The van der Waals surface area contributed by atoms with Gasteiger partial charge in [-0.05, 0) is 18.8 Å². The van der Waals surface area contributed by atoms with E-state index in [1.165, 1.54) is 55.2 Å². The van der Waals surface area contributed by atoms with Gasteiger partial charge in [0.05, 0.1) is 5.25 Å². The normalized spacial score (nSPS) is 23.3. The van der Waals surface area contributed by atoms with E-state index in [0.29, 0.717) is 12.3 Å². The molecule has 0 radical (unpaired) electrons. The van der Waals surface area contributed by atoms with Gasteiger partial charge in [-0.15, -0.1) is 11.8 Å². The third-order valence-electron chi connectivity index (χ3n) is 4.84. The van der Waals surface area contributed by atoms with Crippen LogP contribution in [0.2, 0.25) is 0 Å². The molecule has 5 nitrogen and oxygen atoms in total. The number of nitrogens with two attached hydrogens (primary N) is 1. The summed E-state index contributed by atoms with van der Waals surface area (Å²) < 4.78 is 0. The molecule has 0 spiro atoms. The van der Waals surface area contributed by atoms with Crippen LogP contribution in [-0.4, -0.2) is 40.2 Å². The van der Waals surface area contributed by atoms with Crippen molar-refractivity contribution in [3.63, 3.8) is 0 Å². The number of amides is 3. The van der Waals surface area contributed by atoms with Crippen LogP contribution >= 0.6 is 11.8 Å². The lowest BCUT2D eigenvalue weighted by molar-refractivity contribution is -0.138. The number of carbonyl (C=O) groups excluding carboxylic acids is 3. The number of carbonyl (C=O) groups is 3. The molecule has 1 unspecified atom stereocenters. The van der Waals surface area contributed by atoms with E-state index in [1.807, 2.05) is 0 Å². The van der Waals surface area contributed by atoms with Crippen molar-refractivity contribution in [2.24, 2.45) is 11.7 Å². The van der Waals surface area contributed by atoms with E-state index in [0.717, 1.165) is 18.8 Å². The summed E-state index contributed by atoms with van der Waals surface area (Å²) >= 11 is 1.38. The summed E-state index contributed by atoms with van der Waals surface area (Å²) in [6.45, 7) is 0.557. The summed E-state index contributed by atoms with van der Waals surface area (Å²) in [5.41, 5.74) is 5.10. The molecule has 2 rings (SSSR count). The topological polar surface area (TPSA) is 80.5 Å². The van der Waals surface area contributed by atoms with E-state index in [2.05, 4.69) is 0 Å². The highest BCUT2D eigenvalue weighted by atomic mass is 32.2. The molecule has 23 heavy (non-hydrogen) atoms. The molecular formula is C17H28N2O3S. The van der Waals surface area contributed by atoms with Gasteiger partial charge in [0, 0.05) is 25.1 Å². The Morgan fingerprint density at radius 1 is 1.17 bits per heavy atom. The zero-order valence-corrected chi connectivity index (χ0v) is 14.6. The van der Waals surface area contributed by atoms with Crippen LogP contribution in [0.4, 0.5) is 0 Å². The van der Waals surface area contributed by atoms with Crippen LogP contribution in [0.25, 0.3) is 0 Å². The molecule has 1 atom stereocenters. The SMILES string of the molecule is NC(=O)CCSC1CC(=O)N(CCCC2CCCCCC2)C1=O. The molecule has 0 aromatic heterocycles. The minimum Gasteiger partial charge on any atom is -0.370 e. The third kappa shape index (κ3) is 5.83. The van der Waals surface area contributed by atoms with Gasteiger partial charge in [-0.1, -0.05) is 38.5 Å². The molecule has 1 aliphatic heterocycles. The summed E-state index contributed by atoms with van der Waals surface area (Å²) in [6.07, 6.45) is 10.5. The fourth-order valence-corrected chi connectivity index (χ4v) is 4.64. The van der Waals surface area contributed by atoms with E-state index in [1.54, 1.807) is 0 Å². The maximum atomic E-state index is 12.3. The van der Waals surface area contributed by atoms with Gasteiger partial charge < -0.3 is 5.73 Å². The molecule has 1 heterocycles. The Hall–Kier alpha value is -1.04. The summed E-state index contributed by atoms with van der Waals surface area (Å²) in [4.78, 5) is 36.5. The smallest absolute Gasteiger partial charge is 0.242 e. The molecule has 1 saturated heterocycles. The van der Waals surface area contributed by atoms with Crippen LogP contribution in [0, 0.1) is 5.92 Å². The van der Waals surface area contributed by atoms with Gasteiger partial charge in [0.25, 0.3) is 0 Å². The van der Waals surface area contributed by atoms with Crippen molar-refractivity contribution in [1.82, 2.24) is 4.90 Å². The van der Waals surface area contributed by atoms with E-state index < -0.39 is 0 Å². The van der Waals surface area contributed by atoms with Crippen molar-refractivity contribution in [2.45, 2.75) is 69.5 Å². The molecule has 2 N–H and O–H groups in total. The lowest BCUT2D eigenvalue weighted by Crippen LogP contribution is -2.32. The Kier molecular flexibility index (Phi) is 7.40. The Balaban J connectivity index is 1.71. The van der Waals surface area contributed by atoms with Crippen LogP contribution < -0.4 is 5.73 Å². The molecular weight excluding hydrogens is 312 g/mol. The van der Waals surface area contributed by atoms with Crippen molar-refractivity contribution < 1.29 is 14.4 Å². The van der Waals surface area contributed by atoms with Crippen molar-refractivity contribution in [2.75, 3.05) is 12.3 Å². The summed E-state index contributed by atoms with van der Waals surface area (Å²) in [6, 6.07) is 0. The van der Waals surface area contributed by atoms with Crippen LogP contribution in [0.15, 0.2) is 0 Å². The number of rotatable bonds is 8. The number of likely N-dealkylation sites (tertiary alicyclic amines) is 1. The first-order chi connectivity index (χ1) is 11.1. The maximum absolute atomic E-state index is 12.3. The molecule has 3 amide bonds. The van der Waals surface area contributed by atoms with Gasteiger partial charge >= 0.3 is 0 Å². The van der Waals surface area contributed by atoms with Crippen LogP contribution in [0.3, 0.4) is 0 Å². The first kappa shape index (κ1) is 18.3. The quantitative estimate of drug-likeness (QED) is 0.544. The van der Waals surface area contributed by atoms with Gasteiger partial charge in [0.1, 0.15) is 0 Å². The highest BCUT2D eigenvalue weighted by Crippen LogP contribution is 2.28. The first-order valence-corrected chi connectivity index (χ1v) is 9.87. The van der Waals surface area contributed by atoms with Gasteiger partial charge in [-0.3, -0.25) is 19.3 Å². The second-order valence-corrected chi connectivity index (χ2v) is 7.97. The second kappa shape index (κ2) is 9.30. The molecule has 0 bridgehead atoms. The lowest BCUT2D eigenvalue weighted by atomic mass is 9.95. The summed E-state index contributed by atoms with van der Waals surface area (Å²) in [5, 5.41) is -0.320.